The number of aromatic nitrogens is 4. The van der Waals surface area contributed by atoms with E-state index < -0.39 is 14.8 Å². The lowest BCUT2D eigenvalue weighted by atomic mass is 10.2. The van der Waals surface area contributed by atoms with Crippen molar-refractivity contribution in [3.63, 3.8) is 0 Å². The molecule has 0 amide bonds. The molecule has 0 spiro atoms. The van der Waals surface area contributed by atoms with Crippen molar-refractivity contribution in [2.45, 2.75) is 78.0 Å². The maximum atomic E-state index is 12.2. The number of ether oxygens (including phenoxy) is 2. The molecule has 2 aromatic rings. The smallest absolute Gasteiger partial charge is 0.279 e. The topological polar surface area (TPSA) is 128 Å². The molecule has 11 nitrogen and oxygen atoms in total. The molecule has 182 valence electrons. The van der Waals surface area contributed by atoms with Gasteiger partial charge in [0.25, 0.3) is 14.1 Å². The third-order valence-electron chi connectivity index (χ3n) is 5.26. The number of methoxy groups -OCH3 is 1. The zero-order chi connectivity index (χ0) is 24.1. The number of H-pyrrole nitrogens is 1. The fourth-order valence-corrected chi connectivity index (χ4v) is 5.71. The molecule has 1 saturated heterocycles. The van der Waals surface area contributed by atoms with Gasteiger partial charge in [0.05, 0.1) is 38.1 Å². The molecule has 2 unspecified atom stereocenters. The monoisotopic (exact) mass is 480 g/mol. The lowest BCUT2D eigenvalue weighted by molar-refractivity contribution is -0.0501. The molecule has 0 aliphatic carbocycles. The number of aromatic amines is 1. The van der Waals surface area contributed by atoms with Crippen LogP contribution in [0.4, 0.5) is 0 Å². The van der Waals surface area contributed by atoms with Gasteiger partial charge >= 0.3 is 0 Å². The second kappa shape index (κ2) is 11.5. The number of nitrogens with one attached hydrogen (secondary N) is 1. The summed E-state index contributed by atoms with van der Waals surface area (Å²) in [5.74, 6) is 0.507. The lowest BCUT2D eigenvalue weighted by Gasteiger charge is -2.37. The molecule has 33 heavy (non-hydrogen) atoms. The average Bonchev–Trinajstić information content (AvgIpc) is 3.32. The SMILES string of the molecule is COC[C@H]1O[C@@H](n2cnc3c(=O)[nH]c(C)nc32)CC1OP(OCCC#N)N(C(C)C)C(C)C. The Labute approximate surface area is 195 Å². The Kier molecular flexibility index (Phi) is 8.93. The summed E-state index contributed by atoms with van der Waals surface area (Å²) in [5, 5.41) is 8.95. The van der Waals surface area contributed by atoms with Crippen molar-refractivity contribution >= 4 is 19.7 Å². The van der Waals surface area contributed by atoms with Gasteiger partial charge < -0.3 is 23.5 Å². The lowest BCUT2D eigenvalue weighted by Crippen LogP contribution is -2.36. The van der Waals surface area contributed by atoms with Gasteiger partial charge in [-0.2, -0.15) is 5.26 Å². The van der Waals surface area contributed by atoms with Gasteiger partial charge in [0.15, 0.2) is 11.2 Å². The Morgan fingerprint density at radius 3 is 2.76 bits per heavy atom. The van der Waals surface area contributed by atoms with Crippen LogP contribution in [0.5, 0.6) is 0 Å². The first-order valence-electron chi connectivity index (χ1n) is 11.1. The number of fused-ring (bicyclic) bond motifs is 1. The van der Waals surface area contributed by atoms with Gasteiger partial charge in [-0.05, 0) is 34.6 Å². The Hall–Kier alpha value is -1.93. The highest BCUT2D eigenvalue weighted by Crippen LogP contribution is 2.50. The van der Waals surface area contributed by atoms with Crippen LogP contribution in [0.3, 0.4) is 0 Å². The van der Waals surface area contributed by atoms with E-state index in [0.29, 0.717) is 31.1 Å². The summed E-state index contributed by atoms with van der Waals surface area (Å²) in [5.41, 5.74) is 0.454. The van der Waals surface area contributed by atoms with Gasteiger partial charge in [-0.1, -0.05) is 0 Å². The minimum Gasteiger partial charge on any atom is -0.382 e. The van der Waals surface area contributed by atoms with E-state index in [4.69, 9.17) is 23.8 Å². The zero-order valence-electron chi connectivity index (χ0n) is 20.0. The molecule has 2 aromatic heterocycles. The summed E-state index contributed by atoms with van der Waals surface area (Å²) in [6.07, 6.45) is 1.30. The van der Waals surface area contributed by atoms with Crippen LogP contribution in [0, 0.1) is 18.3 Å². The van der Waals surface area contributed by atoms with Gasteiger partial charge in [0.1, 0.15) is 18.2 Å². The molecule has 12 heteroatoms. The second-order valence-electron chi connectivity index (χ2n) is 8.49. The minimum atomic E-state index is -1.43. The first-order valence-corrected chi connectivity index (χ1v) is 12.2. The van der Waals surface area contributed by atoms with Crippen LogP contribution in [0.15, 0.2) is 11.1 Å². The van der Waals surface area contributed by atoms with Gasteiger partial charge in [0, 0.05) is 25.6 Å². The van der Waals surface area contributed by atoms with Crippen molar-refractivity contribution < 1.29 is 18.5 Å². The molecular weight excluding hydrogens is 447 g/mol. The quantitative estimate of drug-likeness (QED) is 0.381. The number of hydrogen-bond acceptors (Lipinski definition) is 9. The average molecular weight is 481 g/mol. The number of nitriles is 1. The summed E-state index contributed by atoms with van der Waals surface area (Å²) in [6, 6.07) is 2.49. The van der Waals surface area contributed by atoms with Crippen LogP contribution in [0.2, 0.25) is 0 Å². The summed E-state index contributed by atoms with van der Waals surface area (Å²) < 4.78 is 28.2. The fraction of sp³-hybridized carbons (Fsp3) is 0.714. The number of rotatable bonds is 11. The molecule has 0 saturated carbocycles. The summed E-state index contributed by atoms with van der Waals surface area (Å²) >= 11 is 0. The predicted molar refractivity (Wildman–Crippen MR) is 123 cm³/mol. The molecular formula is C21H33N6O5P. The van der Waals surface area contributed by atoms with E-state index >= 15 is 0 Å². The van der Waals surface area contributed by atoms with E-state index in [1.165, 1.54) is 0 Å². The van der Waals surface area contributed by atoms with Crippen molar-refractivity contribution in [2.75, 3.05) is 20.3 Å². The predicted octanol–water partition coefficient (Wildman–Crippen LogP) is 3.02. The van der Waals surface area contributed by atoms with Crippen molar-refractivity contribution in [2.24, 2.45) is 0 Å². The van der Waals surface area contributed by atoms with Crippen LogP contribution in [-0.2, 0) is 18.5 Å². The van der Waals surface area contributed by atoms with Crippen LogP contribution < -0.4 is 5.56 Å². The highest BCUT2D eigenvalue weighted by atomic mass is 31.2. The summed E-state index contributed by atoms with van der Waals surface area (Å²) in [6.45, 7) is 10.7. The van der Waals surface area contributed by atoms with E-state index in [1.54, 1.807) is 24.9 Å². The Morgan fingerprint density at radius 2 is 2.12 bits per heavy atom. The van der Waals surface area contributed by atoms with E-state index in [0.717, 1.165) is 0 Å². The third kappa shape index (κ3) is 5.96. The van der Waals surface area contributed by atoms with Crippen LogP contribution >= 0.6 is 8.53 Å². The van der Waals surface area contributed by atoms with Gasteiger partial charge in [-0.25, -0.2) is 14.6 Å². The first kappa shape index (κ1) is 25.7. The third-order valence-corrected chi connectivity index (χ3v) is 7.42. The molecule has 3 rings (SSSR count). The van der Waals surface area contributed by atoms with Gasteiger partial charge in [-0.3, -0.25) is 9.36 Å². The Morgan fingerprint density at radius 1 is 1.39 bits per heavy atom. The highest BCUT2D eigenvalue weighted by molar-refractivity contribution is 7.44. The van der Waals surface area contributed by atoms with Crippen LogP contribution in [0.1, 0.15) is 52.6 Å². The first-order chi connectivity index (χ1) is 15.8. The van der Waals surface area contributed by atoms with Gasteiger partial charge in [-0.15, -0.1) is 0 Å². The summed E-state index contributed by atoms with van der Waals surface area (Å²) in [7, 11) is 0.183. The van der Waals surface area contributed by atoms with E-state index in [1.807, 2.05) is 0 Å². The van der Waals surface area contributed by atoms with Crippen molar-refractivity contribution in [3.05, 3.63) is 22.5 Å². The Balaban J connectivity index is 1.86. The Bertz CT molecular complexity index is 1010. The van der Waals surface area contributed by atoms with E-state index in [-0.39, 0.29) is 41.8 Å². The molecule has 4 atom stereocenters. The molecule has 1 aliphatic rings. The molecule has 0 aromatic carbocycles. The number of nitrogens with zero attached hydrogens (tertiary/aromatic N) is 5. The maximum absolute atomic E-state index is 12.2. The molecule has 3 heterocycles. The highest BCUT2D eigenvalue weighted by Gasteiger charge is 2.41. The molecule has 1 aliphatic heterocycles. The number of imidazole rings is 1. The van der Waals surface area contributed by atoms with Crippen molar-refractivity contribution in [1.29, 1.82) is 5.26 Å². The molecule has 1 fully saturated rings. The minimum absolute atomic E-state index is 0.189. The maximum Gasteiger partial charge on any atom is 0.279 e. The standard InChI is InChI=1S/C21H33N6O5P/c1-13(2)27(14(3)4)33(30-9-7-8-22)32-16-10-18(31-17(16)11-29-6)26-12-23-19-20(26)24-15(5)25-21(19)28/h12-14,16-18H,7,9-11H2,1-6H3,(H,24,25,28)/t16?,17-,18-,33?/m1/s1. The summed E-state index contributed by atoms with van der Waals surface area (Å²) in [4.78, 5) is 23.6. The molecule has 0 bridgehead atoms. The van der Waals surface area contributed by atoms with E-state index in [9.17, 15) is 4.79 Å². The fourth-order valence-electron chi connectivity index (χ4n) is 3.95. The van der Waals surface area contributed by atoms with Crippen LogP contribution in [0.25, 0.3) is 11.2 Å². The number of hydrogen-bond donors (Lipinski definition) is 1. The second-order valence-corrected chi connectivity index (χ2v) is 9.89. The van der Waals surface area contributed by atoms with Crippen molar-refractivity contribution in [3.8, 4) is 6.07 Å². The van der Waals surface area contributed by atoms with Crippen molar-refractivity contribution in [1.82, 2.24) is 24.2 Å². The largest absolute Gasteiger partial charge is 0.382 e. The molecule has 1 N–H and O–H groups in total. The normalized spacial score (nSPS) is 22.0. The van der Waals surface area contributed by atoms with Crippen LogP contribution in [-0.4, -0.2) is 68.8 Å². The van der Waals surface area contributed by atoms with E-state index in [2.05, 4.69) is 53.4 Å². The zero-order valence-corrected chi connectivity index (χ0v) is 20.9. The number of aryl methyl sites for hydroxylation is 1. The molecule has 0 radical (unpaired) electrons. The van der Waals surface area contributed by atoms with Gasteiger partial charge in [0.2, 0.25) is 0 Å².